The van der Waals surface area contributed by atoms with Crippen LogP contribution in [0.25, 0.3) is 0 Å². The van der Waals surface area contributed by atoms with Gasteiger partial charge in [-0.3, -0.25) is 9.59 Å². The van der Waals surface area contributed by atoms with Crippen LogP contribution in [-0.2, 0) is 11.3 Å². The maximum Gasteiger partial charge on any atom is 0.256 e. The van der Waals surface area contributed by atoms with Crippen LogP contribution in [-0.4, -0.2) is 30.8 Å². The van der Waals surface area contributed by atoms with Gasteiger partial charge in [0.25, 0.3) is 5.91 Å². The van der Waals surface area contributed by atoms with Gasteiger partial charge < -0.3 is 15.1 Å². The molecule has 1 atom stereocenters. The van der Waals surface area contributed by atoms with Gasteiger partial charge in [-0.05, 0) is 61.2 Å². The van der Waals surface area contributed by atoms with E-state index in [4.69, 9.17) is 11.6 Å². The summed E-state index contributed by atoms with van der Waals surface area (Å²) in [6.45, 7) is 2.39. The van der Waals surface area contributed by atoms with Crippen LogP contribution >= 0.6 is 11.6 Å². The van der Waals surface area contributed by atoms with E-state index < -0.39 is 0 Å². The van der Waals surface area contributed by atoms with E-state index in [0.717, 1.165) is 41.8 Å². The van der Waals surface area contributed by atoms with Crippen LogP contribution in [0.3, 0.4) is 0 Å². The molecular formula is C29H32ClN3O2. The first kappa shape index (κ1) is 24.8. The van der Waals surface area contributed by atoms with E-state index in [1.54, 1.807) is 12.1 Å². The fourth-order valence-electron chi connectivity index (χ4n) is 4.41. The molecule has 1 fully saturated rings. The van der Waals surface area contributed by atoms with Crippen molar-refractivity contribution in [3.05, 3.63) is 94.5 Å². The average Bonchev–Trinajstić information content (AvgIpc) is 2.81. The summed E-state index contributed by atoms with van der Waals surface area (Å²) in [6.07, 6.45) is 3.01. The molecule has 1 N–H and O–H groups in total. The summed E-state index contributed by atoms with van der Waals surface area (Å²) in [5.74, 6) is 0.0328. The first-order valence-corrected chi connectivity index (χ1v) is 12.4. The summed E-state index contributed by atoms with van der Waals surface area (Å²) in [7, 11) is 3.96. The fraction of sp³-hybridized carbons (Fsp3) is 0.310. The second-order valence-corrected chi connectivity index (χ2v) is 9.76. The molecule has 1 aliphatic rings. The van der Waals surface area contributed by atoms with Crippen LogP contribution in [0.15, 0.2) is 72.8 Å². The quantitative estimate of drug-likeness (QED) is 0.390. The predicted octanol–water partition coefficient (Wildman–Crippen LogP) is 6.55. The number of amides is 2. The van der Waals surface area contributed by atoms with Crippen molar-refractivity contribution in [2.75, 3.05) is 24.3 Å². The summed E-state index contributed by atoms with van der Waals surface area (Å²) in [4.78, 5) is 30.3. The first-order valence-electron chi connectivity index (χ1n) is 12.1. The fourth-order valence-corrected chi connectivity index (χ4v) is 4.63. The zero-order valence-corrected chi connectivity index (χ0v) is 21.3. The van der Waals surface area contributed by atoms with E-state index in [1.165, 1.54) is 0 Å². The van der Waals surface area contributed by atoms with Gasteiger partial charge in [0, 0.05) is 37.9 Å². The molecule has 5 nitrogen and oxygen atoms in total. The Morgan fingerprint density at radius 3 is 2.31 bits per heavy atom. The molecule has 6 heteroatoms. The van der Waals surface area contributed by atoms with Crippen molar-refractivity contribution in [1.29, 1.82) is 0 Å². The normalized spacial score (nSPS) is 14.1. The van der Waals surface area contributed by atoms with Crippen molar-refractivity contribution >= 4 is 34.8 Å². The van der Waals surface area contributed by atoms with Gasteiger partial charge in [-0.15, -0.1) is 0 Å². The van der Waals surface area contributed by atoms with E-state index in [1.807, 2.05) is 91.5 Å². The molecular weight excluding hydrogens is 458 g/mol. The monoisotopic (exact) mass is 489 g/mol. The van der Waals surface area contributed by atoms with Crippen molar-refractivity contribution in [3.63, 3.8) is 0 Å². The second-order valence-electron chi connectivity index (χ2n) is 9.35. The molecule has 0 radical (unpaired) electrons. The van der Waals surface area contributed by atoms with E-state index in [9.17, 15) is 9.59 Å². The number of carbonyl (C=O) groups excluding carboxylic acids is 2. The molecule has 0 spiro atoms. The lowest BCUT2D eigenvalue weighted by molar-refractivity contribution is -0.122. The van der Waals surface area contributed by atoms with E-state index >= 15 is 0 Å². The van der Waals surface area contributed by atoms with Crippen molar-refractivity contribution in [2.45, 2.75) is 38.8 Å². The van der Waals surface area contributed by atoms with Crippen LogP contribution in [0.1, 0.15) is 53.7 Å². The van der Waals surface area contributed by atoms with Crippen LogP contribution in [0.2, 0.25) is 5.02 Å². The number of anilines is 2. The molecule has 1 saturated carbocycles. The molecule has 0 aliphatic heterocycles. The zero-order valence-electron chi connectivity index (χ0n) is 20.5. The Hall–Kier alpha value is -3.31. The summed E-state index contributed by atoms with van der Waals surface area (Å²) in [5.41, 5.74) is 4.19. The molecule has 3 aromatic carbocycles. The number of rotatable bonds is 8. The number of carbonyl (C=O) groups is 2. The molecule has 3 aromatic rings. The van der Waals surface area contributed by atoms with Crippen LogP contribution in [0, 0.1) is 5.92 Å². The summed E-state index contributed by atoms with van der Waals surface area (Å²) < 4.78 is 0. The molecule has 0 saturated heterocycles. The molecule has 182 valence electrons. The van der Waals surface area contributed by atoms with Crippen LogP contribution < -0.4 is 10.2 Å². The third-order valence-corrected chi connectivity index (χ3v) is 7.09. The average molecular weight is 490 g/mol. The lowest BCUT2D eigenvalue weighted by atomic mass is 9.85. The standard InChI is InChI=1S/C29H32ClN3O2/c1-20(21-10-5-4-6-11-21)33(29(35)25-14-7-8-15-26(25)30)19-23-18-24(16-17-27(23)32(2)3)31-28(34)22-12-9-13-22/h4-8,10-11,14-18,20,22H,9,12-13,19H2,1-3H3,(H,31,34). The molecule has 1 unspecified atom stereocenters. The Bertz CT molecular complexity index is 1190. The minimum absolute atomic E-state index is 0.0708. The van der Waals surface area contributed by atoms with Crippen LogP contribution in [0.4, 0.5) is 11.4 Å². The minimum Gasteiger partial charge on any atom is -0.377 e. The number of hydrogen-bond donors (Lipinski definition) is 1. The first-order chi connectivity index (χ1) is 16.8. The number of nitrogens with zero attached hydrogens (tertiary/aromatic N) is 2. The summed E-state index contributed by atoms with van der Waals surface area (Å²) in [6, 6.07) is 22.8. The molecule has 0 aromatic heterocycles. The number of halogens is 1. The highest BCUT2D eigenvalue weighted by molar-refractivity contribution is 6.33. The zero-order chi connectivity index (χ0) is 24.9. The van der Waals surface area contributed by atoms with Crippen molar-refractivity contribution in [2.24, 2.45) is 5.92 Å². The predicted molar refractivity (Wildman–Crippen MR) is 143 cm³/mol. The van der Waals surface area contributed by atoms with E-state index in [-0.39, 0.29) is 23.8 Å². The minimum atomic E-state index is -0.191. The topological polar surface area (TPSA) is 52.7 Å². The van der Waals surface area contributed by atoms with Crippen LogP contribution in [0.5, 0.6) is 0 Å². The lowest BCUT2D eigenvalue weighted by Gasteiger charge is -2.32. The Labute approximate surface area is 212 Å². The third-order valence-electron chi connectivity index (χ3n) is 6.76. The van der Waals surface area contributed by atoms with E-state index in [0.29, 0.717) is 17.1 Å². The Morgan fingerprint density at radius 1 is 1.00 bits per heavy atom. The molecule has 1 aliphatic carbocycles. The van der Waals surface area contributed by atoms with Gasteiger partial charge in [0.1, 0.15) is 0 Å². The number of benzene rings is 3. The van der Waals surface area contributed by atoms with Gasteiger partial charge in [-0.25, -0.2) is 0 Å². The summed E-state index contributed by atoms with van der Waals surface area (Å²) in [5, 5.41) is 3.50. The highest BCUT2D eigenvalue weighted by Gasteiger charge is 2.27. The highest BCUT2D eigenvalue weighted by atomic mass is 35.5. The molecule has 0 bridgehead atoms. The summed E-state index contributed by atoms with van der Waals surface area (Å²) >= 11 is 6.43. The largest absolute Gasteiger partial charge is 0.377 e. The smallest absolute Gasteiger partial charge is 0.256 e. The lowest BCUT2D eigenvalue weighted by Crippen LogP contribution is -2.34. The van der Waals surface area contributed by atoms with Gasteiger partial charge in [0.05, 0.1) is 16.6 Å². The number of nitrogens with one attached hydrogen (secondary N) is 1. The SMILES string of the molecule is CC(c1ccccc1)N(Cc1cc(NC(=O)C2CCC2)ccc1N(C)C)C(=O)c1ccccc1Cl. The van der Waals surface area contributed by atoms with Crippen molar-refractivity contribution in [1.82, 2.24) is 4.90 Å². The maximum absolute atomic E-state index is 13.8. The molecule has 35 heavy (non-hydrogen) atoms. The van der Waals surface area contributed by atoms with Gasteiger partial charge in [0.2, 0.25) is 5.91 Å². The van der Waals surface area contributed by atoms with Crippen molar-refractivity contribution in [3.8, 4) is 0 Å². The second kappa shape index (κ2) is 11.0. The highest BCUT2D eigenvalue weighted by Crippen LogP contribution is 2.32. The Morgan fingerprint density at radius 2 is 1.69 bits per heavy atom. The van der Waals surface area contributed by atoms with Gasteiger partial charge in [-0.1, -0.05) is 60.5 Å². The Balaban J connectivity index is 1.70. The van der Waals surface area contributed by atoms with Gasteiger partial charge in [0.15, 0.2) is 0 Å². The van der Waals surface area contributed by atoms with Gasteiger partial charge in [-0.2, -0.15) is 0 Å². The maximum atomic E-state index is 13.8. The molecule has 0 heterocycles. The molecule has 4 rings (SSSR count). The number of hydrogen-bond acceptors (Lipinski definition) is 3. The third kappa shape index (κ3) is 5.68. The van der Waals surface area contributed by atoms with E-state index in [2.05, 4.69) is 5.32 Å². The van der Waals surface area contributed by atoms with Crippen molar-refractivity contribution < 1.29 is 9.59 Å². The van der Waals surface area contributed by atoms with Gasteiger partial charge >= 0.3 is 0 Å². The Kier molecular flexibility index (Phi) is 7.76. The molecule has 2 amide bonds.